The number of nitrogens with one attached hydrogen (secondary N) is 1. The highest BCUT2D eigenvalue weighted by molar-refractivity contribution is 6.07. The van der Waals surface area contributed by atoms with E-state index >= 15 is 0 Å². The van der Waals surface area contributed by atoms with E-state index in [0.717, 1.165) is 38.3 Å². The van der Waals surface area contributed by atoms with Crippen LogP contribution in [0.25, 0.3) is 32.7 Å². The van der Waals surface area contributed by atoms with Gasteiger partial charge in [0, 0.05) is 30.1 Å². The predicted molar refractivity (Wildman–Crippen MR) is 127 cm³/mol. The van der Waals surface area contributed by atoms with Crippen molar-refractivity contribution in [1.82, 2.24) is 29.5 Å². The van der Waals surface area contributed by atoms with Crippen LogP contribution in [0.5, 0.6) is 11.6 Å². The van der Waals surface area contributed by atoms with Crippen LogP contribution in [0.4, 0.5) is 0 Å². The second-order valence-corrected chi connectivity index (χ2v) is 8.08. The van der Waals surface area contributed by atoms with Crippen molar-refractivity contribution in [1.29, 1.82) is 0 Å². The highest BCUT2D eigenvalue weighted by Gasteiger charge is 2.16. The lowest BCUT2D eigenvalue weighted by Crippen LogP contribution is -2.24. The van der Waals surface area contributed by atoms with Crippen molar-refractivity contribution in [3.63, 3.8) is 0 Å². The lowest BCUT2D eigenvalue weighted by atomic mass is 10.1. The number of benzene rings is 2. The van der Waals surface area contributed by atoms with Crippen molar-refractivity contribution in [2.24, 2.45) is 7.05 Å². The third-order valence-electron chi connectivity index (χ3n) is 6.10. The van der Waals surface area contributed by atoms with Crippen molar-refractivity contribution in [2.75, 3.05) is 0 Å². The van der Waals surface area contributed by atoms with Crippen molar-refractivity contribution in [3.05, 3.63) is 88.6 Å². The average molecular weight is 436 g/mol. The minimum Gasteiger partial charge on any atom is -0.438 e. The molecule has 0 bridgehead atoms. The third-order valence-corrected chi connectivity index (χ3v) is 6.10. The largest absolute Gasteiger partial charge is 0.438 e. The summed E-state index contributed by atoms with van der Waals surface area (Å²) in [5, 5.41) is 14.0. The van der Waals surface area contributed by atoms with Gasteiger partial charge < -0.3 is 9.30 Å². The molecular weight excluding hydrogens is 416 g/mol. The fourth-order valence-electron chi connectivity index (χ4n) is 4.30. The number of aromatic amines is 1. The van der Waals surface area contributed by atoms with Crippen LogP contribution in [0.15, 0.2) is 71.9 Å². The van der Waals surface area contributed by atoms with Crippen LogP contribution in [0.1, 0.15) is 11.1 Å². The minimum atomic E-state index is -0.123. The highest BCUT2D eigenvalue weighted by atomic mass is 16.5. The number of aromatic nitrogens is 6. The van der Waals surface area contributed by atoms with E-state index in [1.54, 1.807) is 18.6 Å². The molecule has 0 spiro atoms. The van der Waals surface area contributed by atoms with E-state index in [1.165, 1.54) is 4.68 Å². The molecule has 6 aromatic rings. The molecule has 0 unspecified atom stereocenters. The van der Waals surface area contributed by atoms with E-state index in [9.17, 15) is 4.79 Å². The van der Waals surface area contributed by atoms with Gasteiger partial charge in [-0.05, 0) is 36.2 Å². The normalized spacial score (nSPS) is 11.6. The van der Waals surface area contributed by atoms with Gasteiger partial charge in [-0.2, -0.15) is 10.2 Å². The monoisotopic (exact) mass is 436 g/mol. The highest BCUT2D eigenvalue weighted by Crippen LogP contribution is 2.32. The first-order valence-electron chi connectivity index (χ1n) is 10.6. The Labute approximate surface area is 188 Å². The van der Waals surface area contributed by atoms with E-state index < -0.39 is 0 Å². The molecule has 0 radical (unpaired) electrons. The molecule has 4 heterocycles. The quantitative estimate of drug-likeness (QED) is 0.445. The maximum atomic E-state index is 13.4. The van der Waals surface area contributed by atoms with Gasteiger partial charge in [0.05, 0.1) is 35.4 Å². The Kier molecular flexibility index (Phi) is 4.26. The molecule has 4 aromatic heterocycles. The smallest absolute Gasteiger partial charge is 0.291 e. The number of nitrogens with zero attached hydrogens (tertiary/aromatic N) is 5. The molecule has 8 nitrogen and oxygen atoms in total. The van der Waals surface area contributed by atoms with Gasteiger partial charge in [-0.3, -0.25) is 9.89 Å². The summed E-state index contributed by atoms with van der Waals surface area (Å²) in [6.45, 7) is 2.47. The van der Waals surface area contributed by atoms with Crippen molar-refractivity contribution in [2.45, 2.75) is 13.5 Å². The van der Waals surface area contributed by atoms with Crippen LogP contribution in [0.3, 0.4) is 0 Å². The Balaban J connectivity index is 1.44. The molecule has 162 valence electrons. The maximum absolute atomic E-state index is 13.4. The summed E-state index contributed by atoms with van der Waals surface area (Å²) in [6, 6.07) is 15.6. The number of hydrogen-bond donors (Lipinski definition) is 1. The molecule has 6 rings (SSSR count). The van der Waals surface area contributed by atoms with Crippen LogP contribution in [-0.2, 0) is 13.6 Å². The first-order chi connectivity index (χ1) is 16.1. The molecule has 2 aromatic carbocycles. The zero-order valence-electron chi connectivity index (χ0n) is 18.1. The summed E-state index contributed by atoms with van der Waals surface area (Å²) >= 11 is 0. The summed E-state index contributed by atoms with van der Waals surface area (Å²) < 4.78 is 9.49. The molecule has 0 amide bonds. The molecule has 1 N–H and O–H groups in total. The van der Waals surface area contributed by atoms with Gasteiger partial charge >= 0.3 is 0 Å². The first kappa shape index (κ1) is 19.2. The van der Waals surface area contributed by atoms with Crippen LogP contribution >= 0.6 is 0 Å². The lowest BCUT2D eigenvalue weighted by molar-refractivity contribution is 0.470. The second kappa shape index (κ2) is 7.30. The first-order valence-corrected chi connectivity index (χ1v) is 10.6. The van der Waals surface area contributed by atoms with E-state index in [2.05, 4.69) is 20.3 Å². The number of fused-ring (bicyclic) bond motifs is 4. The minimum absolute atomic E-state index is 0.123. The zero-order chi connectivity index (χ0) is 22.5. The molecule has 0 saturated carbocycles. The lowest BCUT2D eigenvalue weighted by Gasteiger charge is -2.08. The average Bonchev–Trinajstić information content (AvgIpc) is 3.41. The molecule has 0 aliphatic carbocycles. The van der Waals surface area contributed by atoms with E-state index in [4.69, 9.17) is 4.74 Å². The van der Waals surface area contributed by atoms with Gasteiger partial charge in [0.25, 0.3) is 5.56 Å². The van der Waals surface area contributed by atoms with E-state index in [0.29, 0.717) is 23.7 Å². The number of hydrogen-bond acceptors (Lipinski definition) is 5. The van der Waals surface area contributed by atoms with Gasteiger partial charge in [0.2, 0.25) is 5.88 Å². The van der Waals surface area contributed by atoms with Crippen LogP contribution < -0.4 is 10.3 Å². The fraction of sp³-hybridized carbons (Fsp3) is 0.120. The standard InChI is InChI=1S/C25H20N6O2/c1-15-5-3-4-6-16(15)14-31-25(32)23-19(13-28-31)18-8-7-17(11-22(18)30(23)2)33-24-20-12-27-29-21(20)9-10-26-24/h3-13H,14H2,1-2H3,(H,27,29). The summed E-state index contributed by atoms with van der Waals surface area (Å²) in [4.78, 5) is 17.7. The van der Waals surface area contributed by atoms with Crippen LogP contribution in [0.2, 0.25) is 0 Å². The Morgan fingerprint density at radius 2 is 1.91 bits per heavy atom. The second-order valence-electron chi connectivity index (χ2n) is 8.08. The third kappa shape index (κ3) is 3.07. The fourth-order valence-corrected chi connectivity index (χ4v) is 4.30. The van der Waals surface area contributed by atoms with E-state index in [1.807, 2.05) is 67.1 Å². The maximum Gasteiger partial charge on any atom is 0.291 e. The predicted octanol–water partition coefficient (Wildman–Crippen LogP) is 4.31. The Hall–Kier alpha value is -4.46. The molecule has 0 fully saturated rings. The number of rotatable bonds is 4. The summed E-state index contributed by atoms with van der Waals surface area (Å²) in [5.41, 5.74) is 4.43. The zero-order valence-corrected chi connectivity index (χ0v) is 18.1. The molecule has 8 heteroatoms. The van der Waals surface area contributed by atoms with Gasteiger partial charge in [-0.1, -0.05) is 24.3 Å². The molecular formula is C25H20N6O2. The Morgan fingerprint density at radius 3 is 2.79 bits per heavy atom. The summed E-state index contributed by atoms with van der Waals surface area (Å²) in [5.74, 6) is 1.10. The molecule has 0 saturated heterocycles. The summed E-state index contributed by atoms with van der Waals surface area (Å²) in [6.07, 6.45) is 5.13. The number of H-pyrrole nitrogens is 1. The number of aryl methyl sites for hydroxylation is 2. The van der Waals surface area contributed by atoms with Crippen LogP contribution in [0, 0.1) is 6.92 Å². The Bertz CT molecular complexity index is 1730. The van der Waals surface area contributed by atoms with Crippen LogP contribution in [-0.4, -0.2) is 29.5 Å². The number of ether oxygens (including phenoxy) is 1. The topological polar surface area (TPSA) is 90.6 Å². The Morgan fingerprint density at radius 1 is 1.03 bits per heavy atom. The van der Waals surface area contributed by atoms with E-state index in [-0.39, 0.29) is 5.56 Å². The summed E-state index contributed by atoms with van der Waals surface area (Å²) in [7, 11) is 1.89. The van der Waals surface area contributed by atoms with Gasteiger partial charge in [0.15, 0.2) is 0 Å². The molecule has 0 atom stereocenters. The van der Waals surface area contributed by atoms with Gasteiger partial charge in [-0.25, -0.2) is 9.67 Å². The SMILES string of the molecule is Cc1ccccc1Cn1ncc2c3ccc(Oc4nccc5[nH]ncc45)cc3n(C)c2c1=O. The van der Waals surface area contributed by atoms with Crippen molar-refractivity contribution < 1.29 is 4.74 Å². The molecule has 33 heavy (non-hydrogen) atoms. The van der Waals surface area contributed by atoms with Crippen molar-refractivity contribution in [3.8, 4) is 11.6 Å². The molecule has 0 aliphatic heterocycles. The van der Waals surface area contributed by atoms with Crippen molar-refractivity contribution >= 4 is 32.7 Å². The van der Waals surface area contributed by atoms with Gasteiger partial charge in [-0.15, -0.1) is 0 Å². The number of pyridine rings is 1. The van der Waals surface area contributed by atoms with Gasteiger partial charge in [0.1, 0.15) is 11.3 Å². The molecule has 0 aliphatic rings.